The number of thiocarbonyl (C=S) groups is 1. The molecule has 2 nitrogen and oxygen atoms in total. The van der Waals surface area contributed by atoms with E-state index in [1.807, 2.05) is 12.1 Å². The van der Waals surface area contributed by atoms with Crippen molar-refractivity contribution in [2.24, 2.45) is 0 Å². The summed E-state index contributed by atoms with van der Waals surface area (Å²) in [5.41, 5.74) is 1.58. The largest absolute Gasteiger partial charge is 0.488 e. The SMILES string of the molecule is OB(O)c1ccc(CC=S)cc1. The Labute approximate surface area is 77.0 Å². The van der Waals surface area contributed by atoms with Gasteiger partial charge in [0.05, 0.1) is 0 Å². The van der Waals surface area contributed by atoms with Gasteiger partial charge < -0.3 is 10.0 Å². The van der Waals surface area contributed by atoms with E-state index in [1.165, 1.54) is 0 Å². The molecular weight excluding hydrogens is 171 g/mol. The lowest BCUT2D eigenvalue weighted by molar-refractivity contribution is 0.426. The highest BCUT2D eigenvalue weighted by Gasteiger charge is 2.08. The number of hydrogen-bond acceptors (Lipinski definition) is 3. The molecule has 0 saturated heterocycles. The zero-order valence-corrected chi connectivity index (χ0v) is 7.29. The zero-order valence-electron chi connectivity index (χ0n) is 6.47. The minimum Gasteiger partial charge on any atom is -0.423 e. The molecule has 1 rings (SSSR count). The summed E-state index contributed by atoms with van der Waals surface area (Å²) >= 11 is 4.69. The second kappa shape index (κ2) is 4.35. The van der Waals surface area contributed by atoms with Crippen molar-refractivity contribution in [3.63, 3.8) is 0 Å². The molecule has 62 valence electrons. The number of benzene rings is 1. The third kappa shape index (κ3) is 2.41. The van der Waals surface area contributed by atoms with Crippen molar-refractivity contribution in [3.05, 3.63) is 29.8 Å². The van der Waals surface area contributed by atoms with Crippen LogP contribution in [0.5, 0.6) is 0 Å². The van der Waals surface area contributed by atoms with E-state index in [1.54, 1.807) is 17.5 Å². The quantitative estimate of drug-likeness (QED) is 0.504. The molecule has 2 N–H and O–H groups in total. The molecule has 12 heavy (non-hydrogen) atoms. The van der Waals surface area contributed by atoms with Crippen molar-refractivity contribution in [1.82, 2.24) is 0 Å². The summed E-state index contributed by atoms with van der Waals surface area (Å²) < 4.78 is 0. The Kier molecular flexibility index (Phi) is 3.40. The molecule has 0 aromatic heterocycles. The van der Waals surface area contributed by atoms with Gasteiger partial charge in [0.15, 0.2) is 0 Å². The Morgan fingerprint density at radius 1 is 1.25 bits per heavy atom. The predicted octanol–water partition coefficient (Wildman–Crippen LogP) is -0.0914. The maximum Gasteiger partial charge on any atom is 0.488 e. The first-order valence-electron chi connectivity index (χ1n) is 3.62. The molecule has 0 unspecified atom stereocenters. The Balaban J connectivity index is 2.78. The summed E-state index contributed by atoms with van der Waals surface area (Å²) in [4.78, 5) is 0. The molecule has 1 aromatic carbocycles. The molecule has 0 amide bonds. The van der Waals surface area contributed by atoms with Crippen molar-refractivity contribution >= 4 is 30.2 Å². The average molecular weight is 180 g/mol. The molecule has 0 bridgehead atoms. The van der Waals surface area contributed by atoms with Crippen LogP contribution in [0.3, 0.4) is 0 Å². The van der Waals surface area contributed by atoms with Crippen LogP contribution in [0, 0.1) is 0 Å². The fraction of sp³-hybridized carbons (Fsp3) is 0.125. The predicted molar refractivity (Wildman–Crippen MR) is 53.6 cm³/mol. The highest BCUT2D eigenvalue weighted by atomic mass is 32.1. The molecule has 1 aromatic rings. The molecule has 0 heterocycles. The summed E-state index contributed by atoms with van der Waals surface area (Å²) in [6.07, 6.45) is 0.733. The first kappa shape index (κ1) is 9.38. The average Bonchev–Trinajstić information content (AvgIpc) is 2.06. The zero-order chi connectivity index (χ0) is 8.97. The molecule has 0 aliphatic carbocycles. The highest BCUT2D eigenvalue weighted by molar-refractivity contribution is 7.78. The molecule has 0 aliphatic rings. The van der Waals surface area contributed by atoms with E-state index in [4.69, 9.17) is 22.3 Å². The molecular formula is C8H9BO2S. The van der Waals surface area contributed by atoms with Crippen molar-refractivity contribution < 1.29 is 10.0 Å². The lowest BCUT2D eigenvalue weighted by atomic mass is 9.80. The standard InChI is InChI=1S/C8H9BO2S/c10-9(11)8-3-1-7(2-4-8)5-6-12/h1-4,6,10-11H,5H2. The van der Waals surface area contributed by atoms with Gasteiger partial charge >= 0.3 is 7.12 Å². The summed E-state index contributed by atoms with van der Waals surface area (Å²) in [7, 11) is -1.38. The number of rotatable bonds is 3. The third-order valence-electron chi connectivity index (χ3n) is 1.60. The maximum atomic E-state index is 8.77. The van der Waals surface area contributed by atoms with E-state index < -0.39 is 7.12 Å². The molecule has 0 spiro atoms. The molecule has 0 atom stereocenters. The Morgan fingerprint density at radius 3 is 2.25 bits per heavy atom. The topological polar surface area (TPSA) is 40.5 Å². The van der Waals surface area contributed by atoms with Crippen molar-refractivity contribution in [3.8, 4) is 0 Å². The van der Waals surface area contributed by atoms with Gasteiger partial charge in [0, 0.05) is 6.42 Å². The van der Waals surface area contributed by atoms with Crippen LogP contribution in [0.4, 0.5) is 0 Å². The third-order valence-corrected chi connectivity index (χ3v) is 1.76. The molecule has 0 aliphatic heterocycles. The van der Waals surface area contributed by atoms with E-state index in [2.05, 4.69) is 0 Å². The van der Waals surface area contributed by atoms with Gasteiger partial charge in [-0.3, -0.25) is 0 Å². The molecule has 0 radical (unpaired) electrons. The lowest BCUT2D eigenvalue weighted by Gasteiger charge is -1.99. The van der Waals surface area contributed by atoms with E-state index in [0.717, 1.165) is 12.0 Å². The second-order valence-electron chi connectivity index (χ2n) is 2.49. The number of hydrogen-bond donors (Lipinski definition) is 2. The summed E-state index contributed by atoms with van der Waals surface area (Å²) in [5.74, 6) is 0. The minimum atomic E-state index is -1.38. The highest BCUT2D eigenvalue weighted by Crippen LogP contribution is 1.96. The van der Waals surface area contributed by atoms with Crippen LogP contribution in [0.15, 0.2) is 24.3 Å². The van der Waals surface area contributed by atoms with Crippen LogP contribution in [0.1, 0.15) is 5.56 Å². The Hall–Kier alpha value is -0.705. The summed E-state index contributed by atoms with van der Waals surface area (Å²) in [6.45, 7) is 0. The van der Waals surface area contributed by atoms with E-state index in [-0.39, 0.29) is 0 Å². The maximum absolute atomic E-state index is 8.77. The van der Waals surface area contributed by atoms with Gasteiger partial charge in [0.1, 0.15) is 0 Å². The van der Waals surface area contributed by atoms with E-state index >= 15 is 0 Å². The monoisotopic (exact) mass is 180 g/mol. The molecule has 4 heteroatoms. The smallest absolute Gasteiger partial charge is 0.423 e. The van der Waals surface area contributed by atoms with Gasteiger partial charge in [0.2, 0.25) is 0 Å². The van der Waals surface area contributed by atoms with E-state index in [0.29, 0.717) is 5.46 Å². The van der Waals surface area contributed by atoms with Crippen LogP contribution in [0.2, 0.25) is 0 Å². The minimum absolute atomic E-state index is 0.503. The first-order chi connectivity index (χ1) is 5.74. The summed E-state index contributed by atoms with van der Waals surface area (Å²) in [5, 5.41) is 19.2. The van der Waals surface area contributed by atoms with Crippen LogP contribution >= 0.6 is 12.2 Å². The normalized spacial score (nSPS) is 9.50. The molecule has 0 fully saturated rings. The van der Waals surface area contributed by atoms with Crippen LogP contribution in [0.25, 0.3) is 0 Å². The van der Waals surface area contributed by atoms with Gasteiger partial charge in [-0.2, -0.15) is 0 Å². The second-order valence-corrected chi connectivity index (χ2v) is 2.82. The lowest BCUT2D eigenvalue weighted by Crippen LogP contribution is -2.29. The van der Waals surface area contributed by atoms with Crippen LogP contribution in [-0.4, -0.2) is 22.5 Å². The van der Waals surface area contributed by atoms with Crippen molar-refractivity contribution in [2.75, 3.05) is 0 Å². The van der Waals surface area contributed by atoms with Crippen molar-refractivity contribution in [2.45, 2.75) is 6.42 Å². The van der Waals surface area contributed by atoms with Crippen LogP contribution in [-0.2, 0) is 6.42 Å². The fourth-order valence-electron chi connectivity index (χ4n) is 0.922. The molecule has 0 saturated carbocycles. The first-order valence-corrected chi connectivity index (χ1v) is 4.10. The van der Waals surface area contributed by atoms with Gasteiger partial charge in [-0.15, -0.1) is 0 Å². The van der Waals surface area contributed by atoms with Crippen molar-refractivity contribution in [1.29, 1.82) is 0 Å². The van der Waals surface area contributed by atoms with Crippen LogP contribution < -0.4 is 5.46 Å². The van der Waals surface area contributed by atoms with E-state index in [9.17, 15) is 0 Å². The summed E-state index contributed by atoms with van der Waals surface area (Å²) in [6, 6.07) is 7.02. The van der Waals surface area contributed by atoms with Gasteiger partial charge in [-0.25, -0.2) is 0 Å². The van der Waals surface area contributed by atoms with Gasteiger partial charge in [-0.1, -0.05) is 36.5 Å². The van der Waals surface area contributed by atoms with Gasteiger partial charge in [0.25, 0.3) is 0 Å². The Bertz CT molecular complexity index is 258. The Morgan fingerprint density at radius 2 is 1.83 bits per heavy atom. The van der Waals surface area contributed by atoms with Gasteiger partial charge in [-0.05, 0) is 16.4 Å². The fourth-order valence-corrected chi connectivity index (χ4v) is 1.11.